The van der Waals surface area contributed by atoms with Crippen LogP contribution in [0.5, 0.6) is 0 Å². The number of aliphatic carboxylic acids is 1. The lowest BCUT2D eigenvalue weighted by Gasteiger charge is -2.13. The molecule has 0 aliphatic rings. The highest BCUT2D eigenvalue weighted by atomic mass is 32.2. The fourth-order valence-corrected chi connectivity index (χ4v) is 1.26. The van der Waals surface area contributed by atoms with Gasteiger partial charge in [-0.3, -0.25) is 9.35 Å². The molecule has 0 aromatic carbocycles. The van der Waals surface area contributed by atoms with Crippen LogP contribution in [-0.4, -0.2) is 61.6 Å². The first-order valence-corrected chi connectivity index (χ1v) is 7.44. The quantitative estimate of drug-likeness (QED) is 0.419. The SMILES string of the molecule is CC.COC(=O)N[C@@H](COC(=O)CCS(=O)(=O)O)C(=O)O. The Morgan fingerprint density at radius 2 is 1.76 bits per heavy atom. The van der Waals surface area contributed by atoms with Gasteiger partial charge in [0.25, 0.3) is 10.1 Å². The number of carboxylic acid groups (broad SMARTS) is 1. The summed E-state index contributed by atoms with van der Waals surface area (Å²) in [6, 6.07) is -1.53. The summed E-state index contributed by atoms with van der Waals surface area (Å²) in [6.45, 7) is 3.30. The van der Waals surface area contributed by atoms with Gasteiger partial charge < -0.3 is 19.9 Å². The van der Waals surface area contributed by atoms with Crippen LogP contribution in [-0.2, 0) is 29.2 Å². The molecule has 0 unspecified atom stereocenters. The van der Waals surface area contributed by atoms with Gasteiger partial charge in [-0.2, -0.15) is 8.42 Å². The molecule has 0 radical (unpaired) electrons. The maximum absolute atomic E-state index is 11.0. The third kappa shape index (κ3) is 12.9. The molecule has 0 aromatic rings. The Kier molecular flexibility index (Phi) is 11.1. The van der Waals surface area contributed by atoms with Gasteiger partial charge >= 0.3 is 18.0 Å². The summed E-state index contributed by atoms with van der Waals surface area (Å²) in [5, 5.41) is 10.6. The van der Waals surface area contributed by atoms with E-state index in [4.69, 9.17) is 9.66 Å². The van der Waals surface area contributed by atoms with Gasteiger partial charge in [-0.05, 0) is 0 Å². The van der Waals surface area contributed by atoms with Gasteiger partial charge in [-0.25, -0.2) is 9.59 Å². The Labute approximate surface area is 122 Å². The Balaban J connectivity index is 0. The third-order valence-electron chi connectivity index (χ3n) is 1.75. The van der Waals surface area contributed by atoms with Crippen molar-refractivity contribution in [3.8, 4) is 0 Å². The monoisotopic (exact) mass is 329 g/mol. The molecular weight excluding hydrogens is 310 g/mol. The molecule has 0 aromatic heterocycles. The molecule has 3 N–H and O–H groups in total. The molecule has 0 aliphatic heterocycles. The first kappa shape index (κ1) is 21.4. The minimum Gasteiger partial charge on any atom is -0.480 e. The lowest BCUT2D eigenvalue weighted by molar-refractivity contribution is -0.148. The molecule has 0 aliphatic carbocycles. The molecule has 10 nitrogen and oxygen atoms in total. The zero-order chi connectivity index (χ0) is 17.1. The molecule has 11 heteroatoms. The second-order valence-corrected chi connectivity index (χ2v) is 4.82. The van der Waals surface area contributed by atoms with Crippen LogP contribution in [0.2, 0.25) is 0 Å². The van der Waals surface area contributed by atoms with E-state index >= 15 is 0 Å². The van der Waals surface area contributed by atoms with Crippen LogP contribution in [0.4, 0.5) is 4.79 Å². The largest absolute Gasteiger partial charge is 0.480 e. The maximum Gasteiger partial charge on any atom is 0.407 e. The maximum atomic E-state index is 11.0. The molecule has 1 amide bonds. The van der Waals surface area contributed by atoms with E-state index in [0.29, 0.717) is 0 Å². The summed E-state index contributed by atoms with van der Waals surface area (Å²) >= 11 is 0. The van der Waals surface area contributed by atoms with E-state index in [9.17, 15) is 22.8 Å². The van der Waals surface area contributed by atoms with Crippen LogP contribution in [0.25, 0.3) is 0 Å². The number of carbonyl (C=O) groups excluding carboxylic acids is 2. The fourth-order valence-electron chi connectivity index (χ4n) is 0.837. The van der Waals surface area contributed by atoms with Crippen LogP contribution >= 0.6 is 0 Å². The smallest absolute Gasteiger partial charge is 0.407 e. The molecule has 0 spiro atoms. The predicted molar refractivity (Wildman–Crippen MR) is 70.3 cm³/mol. The first-order valence-electron chi connectivity index (χ1n) is 5.83. The van der Waals surface area contributed by atoms with Crippen LogP contribution in [0.15, 0.2) is 0 Å². The minimum absolute atomic E-state index is 0.636. The highest BCUT2D eigenvalue weighted by Gasteiger charge is 2.22. The van der Waals surface area contributed by atoms with Crippen molar-refractivity contribution in [2.24, 2.45) is 0 Å². The molecule has 0 rings (SSSR count). The summed E-state index contributed by atoms with van der Waals surface area (Å²) in [5.41, 5.74) is 0. The third-order valence-corrected chi connectivity index (χ3v) is 2.47. The van der Waals surface area contributed by atoms with Crippen LogP contribution < -0.4 is 5.32 Å². The Morgan fingerprint density at radius 3 is 2.14 bits per heavy atom. The molecule has 1 atom stereocenters. The van der Waals surface area contributed by atoms with Crippen molar-refractivity contribution < 1.29 is 41.9 Å². The van der Waals surface area contributed by atoms with E-state index in [1.165, 1.54) is 0 Å². The van der Waals surface area contributed by atoms with Crippen LogP contribution in [0.1, 0.15) is 20.3 Å². The number of alkyl carbamates (subject to hydrolysis) is 1. The van der Waals surface area contributed by atoms with Crippen molar-refractivity contribution in [1.29, 1.82) is 0 Å². The average Bonchev–Trinajstić information content (AvgIpc) is 2.41. The summed E-state index contributed by atoms with van der Waals surface area (Å²) in [4.78, 5) is 32.5. The second kappa shape index (κ2) is 10.9. The first-order chi connectivity index (χ1) is 9.65. The molecule has 0 heterocycles. The van der Waals surface area contributed by atoms with Crippen LogP contribution in [0.3, 0.4) is 0 Å². The lowest BCUT2D eigenvalue weighted by Crippen LogP contribution is -2.44. The zero-order valence-electron chi connectivity index (χ0n) is 11.9. The average molecular weight is 329 g/mol. The van der Waals surface area contributed by atoms with Crippen molar-refractivity contribution in [2.45, 2.75) is 26.3 Å². The normalized spacial score (nSPS) is 11.4. The number of esters is 1. The Hall–Kier alpha value is -1.88. The Morgan fingerprint density at radius 1 is 1.24 bits per heavy atom. The van der Waals surface area contributed by atoms with E-state index in [2.05, 4.69) is 9.47 Å². The van der Waals surface area contributed by atoms with E-state index in [1.807, 2.05) is 19.2 Å². The number of nitrogens with one attached hydrogen (secondary N) is 1. The minimum atomic E-state index is -4.30. The molecule has 0 bridgehead atoms. The number of amides is 1. The number of rotatable bonds is 7. The summed E-state index contributed by atoms with van der Waals surface area (Å²) in [6.07, 6.45) is -1.66. The molecule has 0 fully saturated rings. The fraction of sp³-hybridized carbons (Fsp3) is 0.700. The summed E-state index contributed by atoms with van der Waals surface area (Å²) in [5.74, 6) is -3.34. The van der Waals surface area contributed by atoms with Gasteiger partial charge in [-0.15, -0.1) is 0 Å². The topological polar surface area (TPSA) is 156 Å². The zero-order valence-corrected chi connectivity index (χ0v) is 12.7. The van der Waals surface area contributed by atoms with Gasteiger partial charge in [0.1, 0.15) is 6.61 Å². The predicted octanol–water partition coefficient (Wildman–Crippen LogP) is -0.357. The van der Waals surface area contributed by atoms with E-state index in [-0.39, 0.29) is 0 Å². The molecule has 21 heavy (non-hydrogen) atoms. The number of methoxy groups -OCH3 is 1. The lowest BCUT2D eigenvalue weighted by atomic mass is 10.3. The van der Waals surface area contributed by atoms with Crippen molar-refractivity contribution in [3.05, 3.63) is 0 Å². The molecular formula is C10H19NO9S. The second-order valence-electron chi connectivity index (χ2n) is 3.25. The van der Waals surface area contributed by atoms with Gasteiger partial charge in [-0.1, -0.05) is 13.8 Å². The number of carboxylic acids is 1. The molecule has 0 saturated carbocycles. The van der Waals surface area contributed by atoms with Gasteiger partial charge in [0, 0.05) is 0 Å². The number of hydrogen-bond donors (Lipinski definition) is 3. The number of ether oxygens (including phenoxy) is 2. The van der Waals surface area contributed by atoms with Crippen molar-refractivity contribution in [1.82, 2.24) is 5.32 Å². The van der Waals surface area contributed by atoms with Crippen molar-refractivity contribution >= 4 is 28.1 Å². The van der Waals surface area contributed by atoms with Gasteiger partial charge in [0.05, 0.1) is 19.3 Å². The Bertz CT molecular complexity index is 445. The van der Waals surface area contributed by atoms with E-state index in [1.54, 1.807) is 0 Å². The van der Waals surface area contributed by atoms with E-state index in [0.717, 1.165) is 7.11 Å². The molecule has 124 valence electrons. The van der Waals surface area contributed by atoms with Gasteiger partial charge in [0.15, 0.2) is 6.04 Å². The standard InChI is InChI=1S/C8H13NO9S.C2H6/c1-17-8(13)9-5(7(11)12)4-18-6(10)2-3-19(14,15)16;1-2/h5H,2-4H2,1H3,(H,9,13)(H,11,12)(H,14,15,16);1-2H3/t5-;/m0./s1. The van der Waals surface area contributed by atoms with E-state index < -0.39 is 53.0 Å². The highest BCUT2D eigenvalue weighted by molar-refractivity contribution is 7.85. The summed E-state index contributed by atoms with van der Waals surface area (Å²) in [7, 11) is -3.28. The number of hydrogen-bond acceptors (Lipinski definition) is 7. The molecule has 0 saturated heterocycles. The van der Waals surface area contributed by atoms with Crippen molar-refractivity contribution in [3.63, 3.8) is 0 Å². The van der Waals surface area contributed by atoms with Crippen molar-refractivity contribution in [2.75, 3.05) is 19.5 Å². The number of carbonyl (C=O) groups is 3. The summed E-state index contributed by atoms with van der Waals surface area (Å²) < 4.78 is 37.7. The van der Waals surface area contributed by atoms with Crippen LogP contribution in [0, 0.1) is 0 Å². The highest BCUT2D eigenvalue weighted by Crippen LogP contribution is 1.95. The van der Waals surface area contributed by atoms with Gasteiger partial charge in [0.2, 0.25) is 0 Å².